The Kier molecular flexibility index (Phi) is 3.34. The average Bonchev–Trinajstić information content (AvgIpc) is 2.78. The van der Waals surface area contributed by atoms with E-state index in [1.165, 1.54) is 11.3 Å². The Morgan fingerprint density at radius 3 is 2.94 bits per heavy atom. The third-order valence-electron chi connectivity index (χ3n) is 2.26. The van der Waals surface area contributed by atoms with Crippen LogP contribution in [0.15, 0.2) is 5.38 Å². The molecule has 0 spiro atoms. The van der Waals surface area contributed by atoms with Crippen LogP contribution in [0.2, 0.25) is 0 Å². The molecule has 0 aliphatic heterocycles. The minimum atomic E-state index is -3.32. The number of anilines is 1. The number of nitrogens with one attached hydrogen (secondary N) is 1. The molecular formula is C9H14N4O2S2. The van der Waals surface area contributed by atoms with Gasteiger partial charge in [0.1, 0.15) is 0 Å². The summed E-state index contributed by atoms with van der Waals surface area (Å²) in [5, 5.41) is 6.01. The second-order valence-electron chi connectivity index (χ2n) is 3.78. The van der Waals surface area contributed by atoms with E-state index < -0.39 is 10.0 Å². The minimum absolute atomic E-state index is 0.106. The van der Waals surface area contributed by atoms with E-state index in [1.54, 1.807) is 4.52 Å². The lowest BCUT2D eigenvalue weighted by molar-refractivity contribution is 0.597. The standard InChI is InChI=1S/C9H14N4O2S2/c1-3-4-5-17(14,15)12-8-10-9-13(11-8)7(2)6-16-9/h6H,3-5H2,1-2H3,(H,11,12). The van der Waals surface area contributed by atoms with Gasteiger partial charge in [-0.05, 0) is 13.3 Å². The van der Waals surface area contributed by atoms with Gasteiger partial charge >= 0.3 is 0 Å². The molecule has 0 fully saturated rings. The number of aromatic nitrogens is 3. The smallest absolute Gasteiger partial charge is 0.250 e. The lowest BCUT2D eigenvalue weighted by atomic mass is 10.4. The van der Waals surface area contributed by atoms with Crippen LogP contribution in [0.25, 0.3) is 4.96 Å². The van der Waals surface area contributed by atoms with Crippen LogP contribution in [-0.2, 0) is 10.0 Å². The fourth-order valence-corrected chi connectivity index (χ4v) is 3.29. The van der Waals surface area contributed by atoms with Crippen LogP contribution in [0.4, 0.5) is 5.95 Å². The fourth-order valence-electron chi connectivity index (χ4n) is 1.36. The first kappa shape index (κ1) is 12.3. The number of rotatable bonds is 5. The second kappa shape index (κ2) is 4.61. The summed E-state index contributed by atoms with van der Waals surface area (Å²) < 4.78 is 27.3. The van der Waals surface area contributed by atoms with Gasteiger partial charge in [-0.1, -0.05) is 13.3 Å². The molecule has 94 valence electrons. The predicted octanol–water partition coefficient (Wildman–Crippen LogP) is 1.64. The Morgan fingerprint density at radius 1 is 1.53 bits per heavy atom. The highest BCUT2D eigenvalue weighted by Crippen LogP contribution is 2.16. The molecule has 0 saturated carbocycles. The van der Waals surface area contributed by atoms with Crippen LogP contribution in [0, 0.1) is 6.92 Å². The number of unbranched alkanes of at least 4 members (excludes halogenated alkanes) is 1. The van der Waals surface area contributed by atoms with Gasteiger partial charge < -0.3 is 0 Å². The van der Waals surface area contributed by atoms with E-state index >= 15 is 0 Å². The average molecular weight is 274 g/mol. The van der Waals surface area contributed by atoms with E-state index in [2.05, 4.69) is 14.8 Å². The molecule has 0 aliphatic carbocycles. The SMILES string of the molecule is CCCCS(=O)(=O)Nc1nc2scc(C)n2n1. The number of fused-ring (bicyclic) bond motifs is 1. The number of aryl methyl sites for hydroxylation is 1. The Bertz CT molecular complexity index is 614. The number of hydrogen-bond donors (Lipinski definition) is 1. The predicted molar refractivity (Wildman–Crippen MR) is 67.9 cm³/mol. The molecular weight excluding hydrogens is 260 g/mol. The molecule has 0 aliphatic rings. The maximum absolute atomic E-state index is 11.6. The molecule has 0 saturated heterocycles. The van der Waals surface area contributed by atoms with Crippen molar-refractivity contribution < 1.29 is 8.42 Å². The first-order valence-corrected chi connectivity index (χ1v) is 7.86. The molecule has 0 bridgehead atoms. The van der Waals surface area contributed by atoms with Crippen molar-refractivity contribution >= 4 is 32.3 Å². The lowest BCUT2D eigenvalue weighted by Crippen LogP contribution is -2.17. The first-order chi connectivity index (χ1) is 8.02. The topological polar surface area (TPSA) is 76.4 Å². The monoisotopic (exact) mass is 274 g/mol. The van der Waals surface area contributed by atoms with Crippen molar-refractivity contribution in [3.8, 4) is 0 Å². The van der Waals surface area contributed by atoms with Crippen LogP contribution in [0.3, 0.4) is 0 Å². The molecule has 2 aromatic rings. The molecule has 0 aromatic carbocycles. The van der Waals surface area contributed by atoms with Crippen LogP contribution in [0.1, 0.15) is 25.5 Å². The number of thiazole rings is 1. The highest BCUT2D eigenvalue weighted by atomic mass is 32.2. The van der Waals surface area contributed by atoms with Gasteiger partial charge in [0.25, 0.3) is 5.95 Å². The molecule has 2 aromatic heterocycles. The van der Waals surface area contributed by atoms with E-state index in [0.717, 1.165) is 12.1 Å². The van der Waals surface area contributed by atoms with Crippen molar-refractivity contribution in [3.63, 3.8) is 0 Å². The highest BCUT2D eigenvalue weighted by molar-refractivity contribution is 7.92. The fraction of sp³-hybridized carbons (Fsp3) is 0.556. The maximum atomic E-state index is 11.6. The van der Waals surface area contributed by atoms with Crippen molar-refractivity contribution in [3.05, 3.63) is 11.1 Å². The summed E-state index contributed by atoms with van der Waals surface area (Å²) in [7, 11) is -3.32. The summed E-state index contributed by atoms with van der Waals surface area (Å²) in [6, 6.07) is 0. The molecule has 2 heterocycles. The van der Waals surface area contributed by atoms with Crippen molar-refractivity contribution in [2.45, 2.75) is 26.7 Å². The normalized spacial score (nSPS) is 12.1. The van der Waals surface area contributed by atoms with Gasteiger partial charge in [-0.3, -0.25) is 0 Å². The van der Waals surface area contributed by atoms with Gasteiger partial charge in [-0.15, -0.1) is 16.4 Å². The van der Waals surface area contributed by atoms with Crippen LogP contribution < -0.4 is 4.72 Å². The Morgan fingerprint density at radius 2 is 2.29 bits per heavy atom. The molecule has 8 heteroatoms. The lowest BCUT2D eigenvalue weighted by Gasteiger charge is -2.02. The van der Waals surface area contributed by atoms with Crippen LogP contribution in [0.5, 0.6) is 0 Å². The van der Waals surface area contributed by atoms with Gasteiger partial charge in [0, 0.05) is 5.38 Å². The molecule has 1 N–H and O–H groups in total. The van der Waals surface area contributed by atoms with Gasteiger partial charge in [0.15, 0.2) is 0 Å². The minimum Gasteiger partial charge on any atom is -0.250 e. The Hall–Kier alpha value is -1.15. The molecule has 6 nitrogen and oxygen atoms in total. The maximum Gasteiger partial charge on any atom is 0.257 e. The number of hydrogen-bond acceptors (Lipinski definition) is 5. The van der Waals surface area contributed by atoms with Crippen LogP contribution >= 0.6 is 11.3 Å². The second-order valence-corrected chi connectivity index (χ2v) is 6.46. The molecule has 0 unspecified atom stereocenters. The van der Waals surface area contributed by atoms with Gasteiger partial charge in [0.05, 0.1) is 11.4 Å². The van der Waals surface area contributed by atoms with Crippen molar-refractivity contribution in [2.24, 2.45) is 0 Å². The highest BCUT2D eigenvalue weighted by Gasteiger charge is 2.14. The summed E-state index contributed by atoms with van der Waals surface area (Å²) in [6.07, 6.45) is 1.47. The molecule has 0 radical (unpaired) electrons. The van der Waals surface area contributed by atoms with Crippen molar-refractivity contribution in [2.75, 3.05) is 10.5 Å². The van der Waals surface area contributed by atoms with Gasteiger partial charge in [0.2, 0.25) is 15.0 Å². The van der Waals surface area contributed by atoms with Crippen molar-refractivity contribution in [1.82, 2.24) is 14.6 Å². The molecule has 0 atom stereocenters. The van der Waals surface area contributed by atoms with E-state index in [0.29, 0.717) is 11.4 Å². The van der Waals surface area contributed by atoms with E-state index in [4.69, 9.17) is 0 Å². The van der Waals surface area contributed by atoms with Gasteiger partial charge in [-0.25, -0.2) is 17.7 Å². The van der Waals surface area contributed by atoms with Crippen molar-refractivity contribution in [1.29, 1.82) is 0 Å². The molecule has 0 amide bonds. The Balaban J connectivity index is 2.18. The van der Waals surface area contributed by atoms with E-state index in [-0.39, 0.29) is 11.7 Å². The summed E-state index contributed by atoms with van der Waals surface area (Å²) in [5.74, 6) is 0.256. The first-order valence-electron chi connectivity index (χ1n) is 5.33. The van der Waals surface area contributed by atoms with E-state index in [9.17, 15) is 8.42 Å². The van der Waals surface area contributed by atoms with Crippen LogP contribution in [-0.4, -0.2) is 28.8 Å². The molecule has 17 heavy (non-hydrogen) atoms. The third kappa shape index (κ3) is 2.75. The quantitative estimate of drug-likeness (QED) is 0.899. The zero-order chi connectivity index (χ0) is 12.5. The largest absolute Gasteiger partial charge is 0.257 e. The van der Waals surface area contributed by atoms with Gasteiger partial charge in [-0.2, -0.15) is 4.98 Å². The number of nitrogens with zero attached hydrogens (tertiary/aromatic N) is 3. The number of sulfonamides is 1. The summed E-state index contributed by atoms with van der Waals surface area (Å²) in [4.78, 5) is 4.80. The summed E-state index contributed by atoms with van der Waals surface area (Å²) in [5.41, 5.74) is 0.941. The zero-order valence-electron chi connectivity index (χ0n) is 9.67. The molecule has 2 rings (SSSR count). The Labute approximate surface area is 104 Å². The van der Waals surface area contributed by atoms with E-state index in [1.807, 2.05) is 19.2 Å². The summed E-state index contributed by atoms with van der Waals surface area (Å²) >= 11 is 1.43. The zero-order valence-corrected chi connectivity index (χ0v) is 11.3. The summed E-state index contributed by atoms with van der Waals surface area (Å²) in [6.45, 7) is 3.84. The third-order valence-corrected chi connectivity index (χ3v) is 4.51.